The van der Waals surface area contributed by atoms with Crippen LogP contribution in [0.15, 0.2) is 115 Å². The van der Waals surface area contributed by atoms with Gasteiger partial charge in [0.2, 0.25) is 47.1 Å². The van der Waals surface area contributed by atoms with Gasteiger partial charge in [-0.15, -0.1) is 0 Å². The van der Waals surface area contributed by atoms with Gasteiger partial charge in [-0.3, -0.25) is 33.6 Å². The quantitative estimate of drug-likeness (QED) is 0.0842. The first-order valence-electron chi connectivity index (χ1n) is 30.6. The number of aliphatic hydroxyl groups is 1. The second kappa shape index (κ2) is 24.1. The summed E-state index contributed by atoms with van der Waals surface area (Å²) in [6, 6.07) is 9.58. The van der Waals surface area contributed by atoms with Gasteiger partial charge in [0.25, 0.3) is 0 Å². The molecule has 16 N–H and O–H groups in total. The fourth-order valence-electron chi connectivity index (χ4n) is 14.6. The molecule has 7 aromatic carbocycles. The Kier molecular flexibility index (Phi) is 15.8. The molecule has 0 radical (unpaired) electrons. The van der Waals surface area contributed by atoms with Gasteiger partial charge >= 0.3 is 0 Å². The Morgan fingerprint density at radius 3 is 1.75 bits per heavy atom. The number of carbonyl (C=O) groups excluding carboxylic acids is 7. The van der Waals surface area contributed by atoms with Crippen LogP contribution in [0.2, 0.25) is 10.0 Å². The SMILES string of the molecule is N[C@H]1C(=O)N[C@@H]2Cc3ccc(c(Cl)c3)Oc3cc4cc(c3O)Oc3ccc(cc3Cl)[C@@H](O)[C@@H]3NC(=O)[C@H](NC(=O)[C@@H]4NC(=O)[C@@H](NC2=O)c2cc(O)cc(c2)Oc2cc1ccc2O)c1ccc(O)c(c1)-c1c(O)cc(O)cc1[C@@H](C(=O)NC1C2CC4CC(C2)CC1C4)NC3=O. The molecule has 8 atom stereocenters. The van der Waals surface area contributed by atoms with E-state index in [2.05, 4.69) is 37.2 Å². The van der Waals surface area contributed by atoms with Crippen molar-refractivity contribution in [1.82, 2.24) is 37.2 Å². The lowest BCUT2D eigenvalue weighted by Gasteiger charge is -2.54. The van der Waals surface area contributed by atoms with E-state index < -0.39 is 136 Å². The summed E-state index contributed by atoms with van der Waals surface area (Å²) in [6.45, 7) is 0. The minimum atomic E-state index is -2.15. The van der Waals surface area contributed by atoms with Crippen LogP contribution in [0, 0.1) is 23.7 Å². The van der Waals surface area contributed by atoms with E-state index in [0.717, 1.165) is 74.6 Å². The van der Waals surface area contributed by atoms with E-state index in [1.807, 2.05) is 0 Å². The maximum Gasteiger partial charge on any atom is 0.248 e. The van der Waals surface area contributed by atoms with Crippen LogP contribution in [0.3, 0.4) is 0 Å². The number of fused-ring (bicyclic) bond motifs is 14. The zero-order valence-corrected chi connectivity index (χ0v) is 51.3. The van der Waals surface area contributed by atoms with Gasteiger partial charge in [0.05, 0.1) is 10.0 Å². The molecular formula is C68H60Cl2N8O17. The van der Waals surface area contributed by atoms with Crippen LogP contribution < -0.4 is 57.2 Å². The second-order valence-corrected chi connectivity index (χ2v) is 26.0. The highest BCUT2D eigenvalue weighted by Crippen LogP contribution is 2.55. The molecule has 10 aliphatic rings. The average molecular weight is 1330 g/mol. The highest BCUT2D eigenvalue weighted by atomic mass is 35.5. The van der Waals surface area contributed by atoms with Crippen molar-refractivity contribution >= 4 is 64.6 Å². The molecule has 4 fully saturated rings. The van der Waals surface area contributed by atoms with Gasteiger partial charge in [-0.2, -0.15) is 0 Å². The lowest BCUT2D eigenvalue weighted by Crippen LogP contribution is -2.59. The van der Waals surface area contributed by atoms with Gasteiger partial charge in [0.15, 0.2) is 23.0 Å². The van der Waals surface area contributed by atoms with Crippen LogP contribution in [-0.4, -0.2) is 95.2 Å². The summed E-state index contributed by atoms with van der Waals surface area (Å²) in [5, 5.41) is 101. The number of rotatable bonds is 2. The number of aromatic hydroxyl groups is 6. The number of phenolic OH excluding ortho intramolecular Hbond substituents is 6. The molecule has 27 heteroatoms. The number of halogens is 2. The van der Waals surface area contributed by atoms with E-state index in [4.69, 9.17) is 43.1 Å². The number of hydrogen-bond donors (Lipinski definition) is 15. The van der Waals surface area contributed by atoms with Crippen molar-refractivity contribution in [3.05, 3.63) is 164 Å². The number of nitrogens with one attached hydrogen (secondary N) is 7. The summed E-state index contributed by atoms with van der Waals surface area (Å²) in [5.41, 5.74) is 5.28. The number of benzene rings is 7. The van der Waals surface area contributed by atoms with Gasteiger partial charge in [-0.25, -0.2) is 0 Å². The van der Waals surface area contributed by atoms with Crippen LogP contribution >= 0.6 is 23.2 Å². The van der Waals surface area contributed by atoms with Gasteiger partial charge in [0.1, 0.15) is 88.6 Å². The molecule has 95 heavy (non-hydrogen) atoms. The maximum atomic E-state index is 16.0. The Morgan fingerprint density at radius 2 is 1.07 bits per heavy atom. The van der Waals surface area contributed by atoms with E-state index in [1.54, 1.807) is 0 Å². The van der Waals surface area contributed by atoms with E-state index >= 15 is 28.8 Å². The Bertz CT molecular complexity index is 4410. The van der Waals surface area contributed by atoms with Gasteiger partial charge < -0.3 is 92.9 Å². The standard InChI is InChI=1S/C68H60Cl2N8O17/c69-41-14-26-1-7-47(41)94-50-21-35-22-51(61(50)85)95-48-8-4-31(19-42(48)70)60(84)59-68(92)77-58(67(91)73-54-32-10-27-9-28(12-32)13-33(54)11-27)40-24-37(80)25-46(83)52(40)39-18-30(3-5-44(39)81)55(64(88)78-59)75-66(90)57(35)76-65(89)56-34-16-36(79)23-38(17-34)93-49-20-29(2-6-45(49)82)53(71)63(87)72-43(15-26)62(86)74-56/h1-8,14,16-25,27-28,32-33,43,53-60,79-85H,9-13,15,71H2,(H,72,87)(H,73,91)(H,74,86)(H,75,90)(H,76,89)(H,77,92)(H,78,88)/t27?,28?,32?,33?,43-,53-,54?,55-,56+,57-,58+,59+,60-/m1/s1. The Balaban J connectivity index is 0.943. The van der Waals surface area contributed by atoms with Crippen molar-refractivity contribution in [1.29, 1.82) is 0 Å². The summed E-state index contributed by atoms with van der Waals surface area (Å²) < 4.78 is 18.6. The largest absolute Gasteiger partial charge is 0.508 e. The topological polar surface area (TPSA) is 399 Å². The summed E-state index contributed by atoms with van der Waals surface area (Å²) in [6.07, 6.45) is 2.25. The first-order chi connectivity index (χ1) is 45.5. The normalized spacial score (nSPS) is 26.7. The third kappa shape index (κ3) is 11.7. The molecule has 6 heterocycles. The second-order valence-electron chi connectivity index (χ2n) is 25.2. The highest BCUT2D eigenvalue weighted by molar-refractivity contribution is 6.32. The van der Waals surface area contributed by atoms with E-state index in [0.29, 0.717) is 17.4 Å². The number of carbonyl (C=O) groups is 7. The van der Waals surface area contributed by atoms with Gasteiger partial charge in [0, 0.05) is 35.7 Å². The van der Waals surface area contributed by atoms with Crippen molar-refractivity contribution < 1.29 is 83.5 Å². The number of amides is 7. The number of hydrogen-bond acceptors (Lipinski definition) is 18. The lowest BCUT2D eigenvalue weighted by molar-refractivity contribution is -0.137. The van der Waals surface area contributed by atoms with Crippen LogP contribution in [0.25, 0.3) is 11.1 Å². The zero-order chi connectivity index (χ0) is 66.6. The summed E-state index contributed by atoms with van der Waals surface area (Å²) in [5.74, 6) is -11.7. The number of aliphatic hydroxyl groups excluding tert-OH is 1. The molecule has 6 aliphatic heterocycles. The van der Waals surface area contributed by atoms with Crippen molar-refractivity contribution in [2.75, 3.05) is 0 Å². The lowest BCUT2D eigenvalue weighted by atomic mass is 9.54. The van der Waals surface area contributed by atoms with Crippen molar-refractivity contribution in [2.45, 2.75) is 93.0 Å². The molecule has 0 unspecified atom stereocenters. The molecule has 25 nitrogen and oxygen atoms in total. The highest BCUT2D eigenvalue weighted by Gasteiger charge is 2.50. The molecule has 0 aromatic heterocycles. The minimum Gasteiger partial charge on any atom is -0.508 e. The Morgan fingerprint density at radius 1 is 0.495 bits per heavy atom. The van der Waals surface area contributed by atoms with Gasteiger partial charge in [-0.05, 0) is 174 Å². The van der Waals surface area contributed by atoms with Crippen LogP contribution in [0.1, 0.15) is 107 Å². The van der Waals surface area contributed by atoms with Crippen molar-refractivity contribution in [3.8, 4) is 80.1 Å². The fraction of sp³-hybridized carbons (Fsp3) is 0.279. The molecule has 488 valence electrons. The molecule has 0 spiro atoms. The summed E-state index contributed by atoms with van der Waals surface area (Å²) >= 11 is 13.9. The van der Waals surface area contributed by atoms with Crippen molar-refractivity contribution in [3.63, 3.8) is 0 Å². The zero-order valence-electron chi connectivity index (χ0n) is 49.8. The van der Waals surface area contributed by atoms with Gasteiger partial charge in [-0.1, -0.05) is 47.5 Å². The van der Waals surface area contributed by atoms with E-state index in [1.165, 1.54) is 72.8 Å². The van der Waals surface area contributed by atoms with Crippen molar-refractivity contribution in [2.24, 2.45) is 29.4 Å². The number of phenols is 6. The molecular weight excluding hydrogens is 1270 g/mol. The number of nitrogens with two attached hydrogens (primary N) is 1. The van der Waals surface area contributed by atoms with E-state index in [-0.39, 0.29) is 102 Å². The molecule has 4 saturated carbocycles. The molecule has 17 rings (SSSR count). The predicted octanol–water partition coefficient (Wildman–Crippen LogP) is 6.84. The van der Waals surface area contributed by atoms with Crippen LogP contribution in [0.5, 0.6) is 69.0 Å². The molecule has 21 bridgehead atoms. The van der Waals surface area contributed by atoms with Crippen LogP contribution in [0.4, 0.5) is 0 Å². The third-order valence-corrected chi connectivity index (χ3v) is 19.6. The van der Waals surface area contributed by atoms with Crippen LogP contribution in [-0.2, 0) is 40.0 Å². The minimum absolute atomic E-state index is 0.111. The Hall–Kier alpha value is -10.5. The smallest absolute Gasteiger partial charge is 0.248 e. The number of ether oxygens (including phenoxy) is 3. The summed E-state index contributed by atoms with van der Waals surface area (Å²) in [7, 11) is 0. The summed E-state index contributed by atoms with van der Waals surface area (Å²) in [4.78, 5) is 107. The molecule has 7 amide bonds. The first kappa shape index (κ1) is 62.0. The molecule has 4 aliphatic carbocycles. The fourth-order valence-corrected chi connectivity index (χ4v) is 15.1. The predicted molar refractivity (Wildman–Crippen MR) is 336 cm³/mol. The first-order valence-corrected chi connectivity index (χ1v) is 31.3. The molecule has 7 aromatic rings. The van der Waals surface area contributed by atoms with E-state index in [9.17, 15) is 40.5 Å². The maximum absolute atomic E-state index is 16.0. The third-order valence-electron chi connectivity index (χ3n) is 19.0. The Labute approximate surface area is 549 Å². The molecule has 0 saturated heterocycles. The average Bonchev–Trinajstić information content (AvgIpc) is 0.767. The monoisotopic (exact) mass is 1330 g/mol.